The predicted octanol–water partition coefficient (Wildman–Crippen LogP) is 1.48. The van der Waals surface area contributed by atoms with Gasteiger partial charge in [-0.25, -0.2) is 14.6 Å². The molecular weight excluding hydrogens is 344 g/mol. The molecule has 2 aliphatic heterocycles. The largest absolute Gasteiger partial charge is 0.465 e. The molecular formula is C19H26N6O2. The van der Waals surface area contributed by atoms with Gasteiger partial charge in [0.1, 0.15) is 17.1 Å². The van der Waals surface area contributed by atoms with Crippen molar-refractivity contribution in [2.24, 2.45) is 5.41 Å². The normalized spacial score (nSPS) is 25.1. The lowest BCUT2D eigenvalue weighted by atomic mass is 9.70. The summed E-state index contributed by atoms with van der Waals surface area (Å²) in [6, 6.07) is 3.97. The van der Waals surface area contributed by atoms with Crippen molar-refractivity contribution in [3.63, 3.8) is 0 Å². The Hall–Kier alpha value is -2.48. The molecule has 8 heteroatoms. The fraction of sp³-hybridized carbons (Fsp3) is 0.579. The van der Waals surface area contributed by atoms with Gasteiger partial charge in [0, 0.05) is 37.6 Å². The van der Waals surface area contributed by atoms with E-state index in [0.29, 0.717) is 19.0 Å². The molecule has 4 heterocycles. The smallest absolute Gasteiger partial charge is 0.315 e. The number of nitrogens with one attached hydrogen (secondary N) is 1. The summed E-state index contributed by atoms with van der Waals surface area (Å²) in [5.41, 5.74) is -0.517. The molecule has 2 saturated heterocycles. The van der Waals surface area contributed by atoms with E-state index in [1.807, 2.05) is 32.2 Å². The summed E-state index contributed by atoms with van der Waals surface area (Å²) in [7, 11) is 0. The second-order valence-corrected chi connectivity index (χ2v) is 7.28. The van der Waals surface area contributed by atoms with Crippen LogP contribution in [-0.2, 0) is 9.53 Å². The van der Waals surface area contributed by atoms with Gasteiger partial charge < -0.3 is 15.0 Å². The summed E-state index contributed by atoms with van der Waals surface area (Å²) < 4.78 is 7.21. The summed E-state index contributed by atoms with van der Waals surface area (Å²) in [5.74, 6) is 2.16. The number of carbonyl (C=O) groups is 1. The van der Waals surface area contributed by atoms with Gasteiger partial charge in [0.2, 0.25) is 0 Å². The van der Waals surface area contributed by atoms with Crippen LogP contribution in [-0.4, -0.2) is 58.0 Å². The molecule has 0 aromatic carbocycles. The van der Waals surface area contributed by atoms with Crippen LogP contribution in [0.25, 0.3) is 5.82 Å². The van der Waals surface area contributed by atoms with Gasteiger partial charge in [-0.2, -0.15) is 5.10 Å². The molecule has 0 spiro atoms. The van der Waals surface area contributed by atoms with E-state index in [9.17, 15) is 4.79 Å². The number of fused-ring (bicyclic) bond motifs is 1. The Labute approximate surface area is 158 Å². The summed E-state index contributed by atoms with van der Waals surface area (Å²) in [5, 5.41) is 7.81. The quantitative estimate of drug-likeness (QED) is 0.816. The van der Waals surface area contributed by atoms with Crippen LogP contribution in [0.2, 0.25) is 0 Å². The number of anilines is 1. The third-order valence-electron chi connectivity index (χ3n) is 5.57. The number of esters is 1. The molecule has 2 aromatic heterocycles. The molecule has 0 aliphatic carbocycles. The van der Waals surface area contributed by atoms with Gasteiger partial charge in [0.25, 0.3) is 0 Å². The van der Waals surface area contributed by atoms with Gasteiger partial charge in [-0.15, -0.1) is 0 Å². The Morgan fingerprint density at radius 2 is 2.26 bits per heavy atom. The van der Waals surface area contributed by atoms with Gasteiger partial charge in [0.05, 0.1) is 6.61 Å². The highest BCUT2D eigenvalue weighted by molar-refractivity contribution is 5.79. The number of rotatable bonds is 4. The second-order valence-electron chi connectivity index (χ2n) is 7.28. The first-order valence-corrected chi connectivity index (χ1v) is 9.63. The van der Waals surface area contributed by atoms with Gasteiger partial charge >= 0.3 is 5.97 Å². The maximum Gasteiger partial charge on any atom is 0.315 e. The summed E-state index contributed by atoms with van der Waals surface area (Å²) in [6.07, 6.45) is 6.30. The molecule has 2 atom stereocenters. The zero-order valence-corrected chi connectivity index (χ0v) is 15.9. The minimum Gasteiger partial charge on any atom is -0.465 e. The molecule has 0 saturated carbocycles. The summed E-state index contributed by atoms with van der Waals surface area (Å²) in [4.78, 5) is 24.2. The van der Waals surface area contributed by atoms with E-state index in [0.717, 1.165) is 44.0 Å². The molecule has 0 amide bonds. The summed E-state index contributed by atoms with van der Waals surface area (Å²) in [6.45, 7) is 6.56. The number of aromatic nitrogens is 4. The van der Waals surface area contributed by atoms with Gasteiger partial charge in [-0.3, -0.25) is 4.79 Å². The first-order chi connectivity index (χ1) is 13.1. The van der Waals surface area contributed by atoms with Crippen molar-refractivity contribution in [2.45, 2.75) is 39.2 Å². The van der Waals surface area contributed by atoms with Crippen LogP contribution in [0.5, 0.6) is 0 Å². The number of hydrogen-bond acceptors (Lipinski definition) is 7. The SMILES string of the molecule is CCOC(=O)[C@@]12CCCN[C@H]1CCN(c1cc(-n3cccn3)nc(C)n1)C2. The van der Waals surface area contributed by atoms with E-state index < -0.39 is 5.41 Å². The fourth-order valence-electron chi connectivity index (χ4n) is 4.32. The van der Waals surface area contributed by atoms with Crippen LogP contribution in [0.3, 0.4) is 0 Å². The van der Waals surface area contributed by atoms with E-state index in [-0.39, 0.29) is 12.0 Å². The van der Waals surface area contributed by atoms with Crippen molar-refractivity contribution in [3.8, 4) is 5.82 Å². The van der Waals surface area contributed by atoms with Crippen molar-refractivity contribution in [2.75, 3.05) is 31.1 Å². The van der Waals surface area contributed by atoms with Crippen LogP contribution in [0, 0.1) is 12.3 Å². The Bertz CT molecular complexity index is 809. The zero-order chi connectivity index (χ0) is 18.9. The van der Waals surface area contributed by atoms with Crippen molar-refractivity contribution in [1.82, 2.24) is 25.1 Å². The Morgan fingerprint density at radius 1 is 1.41 bits per heavy atom. The van der Waals surface area contributed by atoms with Crippen molar-refractivity contribution in [1.29, 1.82) is 0 Å². The molecule has 27 heavy (non-hydrogen) atoms. The lowest BCUT2D eigenvalue weighted by molar-refractivity contribution is -0.159. The van der Waals surface area contributed by atoms with E-state index >= 15 is 0 Å². The maximum absolute atomic E-state index is 12.9. The predicted molar refractivity (Wildman–Crippen MR) is 101 cm³/mol. The lowest BCUT2D eigenvalue weighted by Gasteiger charge is -2.49. The molecule has 4 rings (SSSR count). The first-order valence-electron chi connectivity index (χ1n) is 9.63. The third-order valence-corrected chi connectivity index (χ3v) is 5.57. The molecule has 2 aromatic rings. The topological polar surface area (TPSA) is 85.2 Å². The van der Waals surface area contributed by atoms with Gasteiger partial charge in [-0.1, -0.05) is 0 Å². The molecule has 8 nitrogen and oxygen atoms in total. The monoisotopic (exact) mass is 370 g/mol. The zero-order valence-electron chi connectivity index (χ0n) is 15.9. The van der Waals surface area contributed by atoms with Crippen LogP contribution in [0.4, 0.5) is 5.82 Å². The van der Waals surface area contributed by atoms with Crippen molar-refractivity contribution < 1.29 is 9.53 Å². The fourth-order valence-corrected chi connectivity index (χ4v) is 4.32. The molecule has 0 radical (unpaired) electrons. The number of aryl methyl sites for hydroxylation is 1. The van der Waals surface area contributed by atoms with E-state index in [1.165, 1.54) is 0 Å². The van der Waals surface area contributed by atoms with Gasteiger partial charge in [0.15, 0.2) is 5.82 Å². The maximum atomic E-state index is 12.9. The number of nitrogens with zero attached hydrogens (tertiary/aromatic N) is 5. The number of piperidine rings is 2. The van der Waals surface area contributed by atoms with Crippen LogP contribution in [0.1, 0.15) is 32.0 Å². The van der Waals surface area contributed by atoms with Crippen LogP contribution < -0.4 is 10.2 Å². The van der Waals surface area contributed by atoms with Crippen LogP contribution >= 0.6 is 0 Å². The second kappa shape index (κ2) is 7.26. The minimum atomic E-state index is -0.517. The van der Waals surface area contributed by atoms with Crippen molar-refractivity contribution >= 4 is 11.8 Å². The number of ether oxygens (including phenoxy) is 1. The molecule has 0 bridgehead atoms. The number of carbonyl (C=O) groups excluding carboxylic acids is 1. The molecule has 1 N–H and O–H groups in total. The van der Waals surface area contributed by atoms with E-state index in [4.69, 9.17) is 4.74 Å². The van der Waals surface area contributed by atoms with Gasteiger partial charge in [-0.05, 0) is 45.7 Å². The van der Waals surface area contributed by atoms with Crippen LogP contribution in [0.15, 0.2) is 24.5 Å². The Morgan fingerprint density at radius 3 is 3.04 bits per heavy atom. The Balaban J connectivity index is 1.66. The highest BCUT2D eigenvalue weighted by atomic mass is 16.5. The van der Waals surface area contributed by atoms with E-state index in [1.54, 1.807) is 10.9 Å². The average Bonchev–Trinajstić information content (AvgIpc) is 3.22. The van der Waals surface area contributed by atoms with E-state index in [2.05, 4.69) is 25.3 Å². The average molecular weight is 370 g/mol. The first kappa shape index (κ1) is 17.9. The molecule has 2 aliphatic rings. The lowest BCUT2D eigenvalue weighted by Crippen LogP contribution is -2.63. The molecule has 2 fully saturated rings. The minimum absolute atomic E-state index is 0.0926. The summed E-state index contributed by atoms with van der Waals surface area (Å²) >= 11 is 0. The highest BCUT2D eigenvalue weighted by Crippen LogP contribution is 2.40. The van der Waals surface area contributed by atoms with Crippen molar-refractivity contribution in [3.05, 3.63) is 30.4 Å². The Kier molecular flexibility index (Phi) is 4.82. The number of hydrogen-bond donors (Lipinski definition) is 1. The standard InChI is InChI=1S/C19H26N6O2/c1-3-27-18(26)19-7-4-8-20-15(19)6-11-24(13-19)16-12-17(23-14(2)22-16)25-10-5-9-21-25/h5,9-10,12,15,20H,3-4,6-8,11,13H2,1-2H3/t15-,19+/m0/s1. The molecule has 0 unspecified atom stereocenters. The highest BCUT2D eigenvalue weighted by Gasteiger charge is 2.51. The third kappa shape index (κ3) is 3.29. The molecule has 144 valence electrons.